The second-order valence-electron chi connectivity index (χ2n) is 6.76. The minimum Gasteiger partial charge on any atom is -0.352 e. The molecule has 0 aliphatic heterocycles. The van der Waals surface area contributed by atoms with Gasteiger partial charge >= 0.3 is 0 Å². The molecule has 4 nitrogen and oxygen atoms in total. The van der Waals surface area contributed by atoms with Crippen LogP contribution in [0, 0.1) is 19.3 Å². The van der Waals surface area contributed by atoms with E-state index in [1.54, 1.807) is 0 Å². The fraction of sp³-hybridized carbons (Fsp3) is 0.556. The SMILES string of the molecule is Cc1cccc(C)c1NC(=O)C1(C(=O)NC2CCCC2)CC1. The molecule has 2 fully saturated rings. The highest BCUT2D eigenvalue weighted by Gasteiger charge is 2.56. The lowest BCUT2D eigenvalue weighted by molar-refractivity contribution is -0.134. The van der Waals surface area contributed by atoms with Crippen LogP contribution in [0.5, 0.6) is 0 Å². The molecular weight excluding hydrogens is 276 g/mol. The van der Waals surface area contributed by atoms with Gasteiger partial charge in [0.15, 0.2) is 0 Å². The van der Waals surface area contributed by atoms with Crippen molar-refractivity contribution in [1.29, 1.82) is 0 Å². The van der Waals surface area contributed by atoms with Crippen molar-refractivity contribution >= 4 is 17.5 Å². The van der Waals surface area contributed by atoms with Gasteiger partial charge in [0.1, 0.15) is 5.41 Å². The number of carbonyl (C=O) groups excluding carboxylic acids is 2. The third kappa shape index (κ3) is 2.74. The largest absolute Gasteiger partial charge is 0.352 e. The topological polar surface area (TPSA) is 58.2 Å². The van der Waals surface area contributed by atoms with Gasteiger partial charge in [-0.2, -0.15) is 0 Å². The van der Waals surface area contributed by atoms with Crippen LogP contribution in [-0.2, 0) is 9.59 Å². The number of carbonyl (C=O) groups is 2. The van der Waals surface area contributed by atoms with E-state index >= 15 is 0 Å². The minimum atomic E-state index is -0.836. The summed E-state index contributed by atoms with van der Waals surface area (Å²) in [4.78, 5) is 25.2. The molecule has 2 aliphatic rings. The summed E-state index contributed by atoms with van der Waals surface area (Å²) in [5.41, 5.74) is 2.06. The molecule has 1 aromatic rings. The van der Waals surface area contributed by atoms with Crippen LogP contribution < -0.4 is 10.6 Å². The van der Waals surface area contributed by atoms with E-state index in [2.05, 4.69) is 10.6 Å². The third-order valence-corrected chi connectivity index (χ3v) is 5.03. The van der Waals surface area contributed by atoms with Gasteiger partial charge in [-0.25, -0.2) is 0 Å². The number of nitrogens with one attached hydrogen (secondary N) is 2. The Hall–Kier alpha value is -1.84. The van der Waals surface area contributed by atoms with Gasteiger partial charge in [-0.3, -0.25) is 9.59 Å². The highest BCUT2D eigenvalue weighted by molar-refractivity contribution is 6.13. The molecule has 1 aromatic carbocycles. The van der Waals surface area contributed by atoms with E-state index in [0.29, 0.717) is 12.8 Å². The molecule has 0 atom stereocenters. The molecular formula is C18H24N2O2. The van der Waals surface area contributed by atoms with Crippen molar-refractivity contribution < 1.29 is 9.59 Å². The van der Waals surface area contributed by atoms with E-state index in [4.69, 9.17) is 0 Å². The summed E-state index contributed by atoms with van der Waals surface area (Å²) in [7, 11) is 0. The Kier molecular flexibility index (Phi) is 3.94. The van der Waals surface area contributed by atoms with Crippen LogP contribution in [0.25, 0.3) is 0 Å². The molecule has 0 spiro atoms. The summed E-state index contributed by atoms with van der Waals surface area (Å²) >= 11 is 0. The average molecular weight is 300 g/mol. The van der Waals surface area contributed by atoms with Gasteiger partial charge in [0.2, 0.25) is 11.8 Å². The van der Waals surface area contributed by atoms with Crippen molar-refractivity contribution in [1.82, 2.24) is 5.32 Å². The van der Waals surface area contributed by atoms with E-state index in [9.17, 15) is 9.59 Å². The van der Waals surface area contributed by atoms with Crippen molar-refractivity contribution in [3.63, 3.8) is 0 Å². The Morgan fingerprint density at radius 1 is 1.05 bits per heavy atom. The van der Waals surface area contributed by atoms with Crippen LogP contribution >= 0.6 is 0 Å². The lowest BCUT2D eigenvalue weighted by Crippen LogP contribution is -2.43. The van der Waals surface area contributed by atoms with Gasteiger partial charge in [0, 0.05) is 11.7 Å². The predicted molar refractivity (Wildman–Crippen MR) is 86.6 cm³/mol. The van der Waals surface area contributed by atoms with Gasteiger partial charge in [0.25, 0.3) is 0 Å². The maximum absolute atomic E-state index is 12.6. The first-order valence-electron chi connectivity index (χ1n) is 8.21. The van der Waals surface area contributed by atoms with E-state index in [1.165, 1.54) is 12.8 Å². The van der Waals surface area contributed by atoms with Gasteiger partial charge in [-0.1, -0.05) is 31.0 Å². The molecule has 0 bridgehead atoms. The number of amides is 2. The number of rotatable bonds is 4. The molecule has 2 saturated carbocycles. The Morgan fingerprint density at radius 2 is 1.64 bits per heavy atom. The molecule has 22 heavy (non-hydrogen) atoms. The van der Waals surface area contributed by atoms with Crippen LogP contribution in [-0.4, -0.2) is 17.9 Å². The second-order valence-corrected chi connectivity index (χ2v) is 6.76. The van der Waals surface area contributed by atoms with E-state index in [1.807, 2.05) is 32.0 Å². The normalized spacial score (nSPS) is 19.7. The summed E-state index contributed by atoms with van der Waals surface area (Å²) in [6.07, 6.45) is 5.74. The summed E-state index contributed by atoms with van der Waals surface area (Å²) in [6, 6.07) is 6.18. The molecule has 2 N–H and O–H groups in total. The summed E-state index contributed by atoms with van der Waals surface area (Å²) in [5, 5.41) is 6.07. The molecule has 0 unspecified atom stereocenters. The molecule has 0 radical (unpaired) electrons. The zero-order valence-electron chi connectivity index (χ0n) is 13.4. The number of hydrogen-bond acceptors (Lipinski definition) is 2. The molecule has 4 heteroatoms. The van der Waals surface area contributed by atoms with Crippen molar-refractivity contribution in [2.75, 3.05) is 5.32 Å². The summed E-state index contributed by atoms with van der Waals surface area (Å²) in [5.74, 6) is -0.233. The molecule has 0 heterocycles. The van der Waals surface area contributed by atoms with Crippen molar-refractivity contribution in [3.8, 4) is 0 Å². The molecule has 2 amide bonds. The smallest absolute Gasteiger partial charge is 0.240 e. The van der Waals surface area contributed by atoms with Crippen LogP contribution in [0.2, 0.25) is 0 Å². The first-order chi connectivity index (χ1) is 10.5. The number of para-hydroxylation sites is 1. The Morgan fingerprint density at radius 3 is 2.18 bits per heavy atom. The highest BCUT2D eigenvalue weighted by Crippen LogP contribution is 2.47. The van der Waals surface area contributed by atoms with Crippen molar-refractivity contribution in [2.45, 2.75) is 58.4 Å². The molecule has 3 rings (SSSR count). The first kappa shape index (κ1) is 15.1. The number of anilines is 1. The van der Waals surface area contributed by atoms with Crippen molar-refractivity contribution in [2.24, 2.45) is 5.41 Å². The fourth-order valence-electron chi connectivity index (χ4n) is 3.32. The van der Waals surface area contributed by atoms with Gasteiger partial charge in [-0.05, 0) is 50.7 Å². The standard InChI is InChI=1S/C18H24N2O2/c1-12-6-5-7-13(2)15(12)20-17(22)18(10-11-18)16(21)19-14-8-3-4-9-14/h5-7,14H,3-4,8-11H2,1-2H3,(H,19,21)(H,20,22). The fourth-order valence-corrected chi connectivity index (χ4v) is 3.32. The number of hydrogen-bond donors (Lipinski definition) is 2. The zero-order valence-corrected chi connectivity index (χ0v) is 13.4. The molecule has 0 aromatic heterocycles. The first-order valence-corrected chi connectivity index (χ1v) is 8.21. The van der Waals surface area contributed by atoms with E-state index in [-0.39, 0.29) is 17.9 Å². The number of aryl methyl sites for hydroxylation is 2. The maximum atomic E-state index is 12.6. The van der Waals surface area contributed by atoms with Crippen molar-refractivity contribution in [3.05, 3.63) is 29.3 Å². The molecule has 0 saturated heterocycles. The van der Waals surface area contributed by atoms with E-state index < -0.39 is 5.41 Å². The predicted octanol–water partition coefficient (Wildman–Crippen LogP) is 3.08. The average Bonchev–Trinajstić information content (AvgIpc) is 3.15. The Balaban J connectivity index is 1.69. The molecule has 2 aliphatic carbocycles. The quantitative estimate of drug-likeness (QED) is 0.840. The molecule has 118 valence electrons. The summed E-state index contributed by atoms with van der Waals surface area (Å²) < 4.78 is 0. The Labute approximate surface area is 131 Å². The third-order valence-electron chi connectivity index (χ3n) is 5.03. The maximum Gasteiger partial charge on any atom is 0.240 e. The van der Waals surface area contributed by atoms with Crippen LogP contribution in [0.3, 0.4) is 0 Å². The van der Waals surface area contributed by atoms with Gasteiger partial charge in [-0.15, -0.1) is 0 Å². The van der Waals surface area contributed by atoms with Crippen LogP contribution in [0.15, 0.2) is 18.2 Å². The van der Waals surface area contributed by atoms with Crippen LogP contribution in [0.1, 0.15) is 49.7 Å². The lowest BCUT2D eigenvalue weighted by Gasteiger charge is -2.20. The van der Waals surface area contributed by atoms with Crippen LogP contribution in [0.4, 0.5) is 5.69 Å². The lowest BCUT2D eigenvalue weighted by atomic mass is 10.0. The summed E-state index contributed by atoms with van der Waals surface area (Å²) in [6.45, 7) is 3.95. The van der Waals surface area contributed by atoms with Gasteiger partial charge < -0.3 is 10.6 Å². The second kappa shape index (κ2) is 5.75. The number of benzene rings is 1. The van der Waals surface area contributed by atoms with Gasteiger partial charge in [0.05, 0.1) is 0 Å². The van der Waals surface area contributed by atoms with E-state index in [0.717, 1.165) is 29.7 Å². The minimum absolute atomic E-state index is 0.0804. The highest BCUT2D eigenvalue weighted by atomic mass is 16.2. The Bertz CT molecular complexity index is 579. The zero-order chi connectivity index (χ0) is 15.7. The monoisotopic (exact) mass is 300 g/mol.